The molecule has 2 aromatic rings. The number of rotatable bonds is 1. The Bertz CT molecular complexity index is 593. The van der Waals surface area contributed by atoms with Gasteiger partial charge in [-0.2, -0.15) is 0 Å². The zero-order chi connectivity index (χ0) is 11.9. The predicted molar refractivity (Wildman–Crippen MR) is 58.1 cm³/mol. The van der Waals surface area contributed by atoms with Crippen LogP contribution in [0.4, 0.5) is 4.39 Å². The van der Waals surface area contributed by atoms with Gasteiger partial charge in [0, 0.05) is 5.39 Å². The number of aromatic nitrogens is 1. The minimum atomic E-state index is -1.27. The molecular weight excluding hydrogens is 209 g/mol. The van der Waals surface area contributed by atoms with Crippen LogP contribution in [0.5, 0.6) is 0 Å². The van der Waals surface area contributed by atoms with E-state index in [1.807, 2.05) is 13.0 Å². The SMILES string of the molecule is Cc1cc(C)c2c(C(=O)O)c(F)cnc2c1. The molecule has 0 aliphatic heterocycles. The van der Waals surface area contributed by atoms with E-state index in [0.717, 1.165) is 17.3 Å². The summed E-state index contributed by atoms with van der Waals surface area (Å²) in [6.07, 6.45) is 0.949. The van der Waals surface area contributed by atoms with Crippen LogP contribution in [0.2, 0.25) is 0 Å². The van der Waals surface area contributed by atoms with Crippen molar-refractivity contribution in [3.05, 3.63) is 40.8 Å². The molecule has 0 aliphatic carbocycles. The van der Waals surface area contributed by atoms with Gasteiger partial charge in [0.2, 0.25) is 0 Å². The molecule has 1 heterocycles. The van der Waals surface area contributed by atoms with Crippen molar-refractivity contribution in [3.63, 3.8) is 0 Å². The quantitative estimate of drug-likeness (QED) is 0.802. The normalized spacial score (nSPS) is 10.7. The van der Waals surface area contributed by atoms with Crippen LogP contribution in [0.25, 0.3) is 10.9 Å². The van der Waals surface area contributed by atoms with Gasteiger partial charge < -0.3 is 5.11 Å². The van der Waals surface area contributed by atoms with E-state index >= 15 is 0 Å². The third-order valence-corrected chi connectivity index (χ3v) is 2.48. The first-order valence-electron chi connectivity index (χ1n) is 4.79. The van der Waals surface area contributed by atoms with Gasteiger partial charge in [-0.3, -0.25) is 4.98 Å². The number of carboxylic acids is 1. The van der Waals surface area contributed by atoms with E-state index in [4.69, 9.17) is 5.11 Å². The average Bonchev–Trinajstić information content (AvgIpc) is 2.18. The molecule has 0 spiro atoms. The highest BCUT2D eigenvalue weighted by Crippen LogP contribution is 2.24. The summed E-state index contributed by atoms with van der Waals surface area (Å²) in [7, 11) is 0. The maximum atomic E-state index is 13.4. The number of aryl methyl sites for hydroxylation is 2. The summed E-state index contributed by atoms with van der Waals surface area (Å²) in [4.78, 5) is 14.9. The number of halogens is 1. The molecule has 0 atom stereocenters. The maximum absolute atomic E-state index is 13.4. The van der Waals surface area contributed by atoms with Gasteiger partial charge in [0.05, 0.1) is 11.7 Å². The Morgan fingerprint density at radius 2 is 2.06 bits per heavy atom. The number of hydrogen-bond acceptors (Lipinski definition) is 2. The number of aromatic carboxylic acids is 1. The Hall–Kier alpha value is -1.97. The van der Waals surface area contributed by atoms with Crippen molar-refractivity contribution < 1.29 is 14.3 Å². The van der Waals surface area contributed by atoms with Crippen molar-refractivity contribution in [2.24, 2.45) is 0 Å². The molecule has 0 unspecified atom stereocenters. The Labute approximate surface area is 91.5 Å². The van der Waals surface area contributed by atoms with Gasteiger partial charge in [0.15, 0.2) is 5.82 Å². The van der Waals surface area contributed by atoms with Gasteiger partial charge in [0.1, 0.15) is 5.56 Å². The van der Waals surface area contributed by atoms with Crippen LogP contribution in [0, 0.1) is 19.7 Å². The van der Waals surface area contributed by atoms with Crippen LogP contribution in [0.3, 0.4) is 0 Å². The summed E-state index contributed by atoms with van der Waals surface area (Å²) in [6, 6.07) is 3.56. The Morgan fingerprint density at radius 3 is 2.69 bits per heavy atom. The molecule has 2 rings (SSSR count). The van der Waals surface area contributed by atoms with E-state index in [1.165, 1.54) is 0 Å². The van der Waals surface area contributed by atoms with E-state index in [-0.39, 0.29) is 5.56 Å². The fourth-order valence-corrected chi connectivity index (χ4v) is 1.89. The van der Waals surface area contributed by atoms with Gasteiger partial charge in [-0.15, -0.1) is 0 Å². The van der Waals surface area contributed by atoms with Crippen LogP contribution in [-0.4, -0.2) is 16.1 Å². The monoisotopic (exact) mass is 219 g/mol. The lowest BCUT2D eigenvalue weighted by atomic mass is 10.0. The largest absolute Gasteiger partial charge is 0.478 e. The molecule has 82 valence electrons. The third kappa shape index (κ3) is 1.52. The van der Waals surface area contributed by atoms with Crippen LogP contribution >= 0.6 is 0 Å². The predicted octanol–water partition coefficient (Wildman–Crippen LogP) is 2.69. The summed E-state index contributed by atoms with van der Waals surface area (Å²) in [5.74, 6) is -2.07. The maximum Gasteiger partial charge on any atom is 0.339 e. The summed E-state index contributed by atoms with van der Waals surface area (Å²) in [5, 5.41) is 9.36. The lowest BCUT2D eigenvalue weighted by Gasteiger charge is -2.07. The molecule has 0 aliphatic rings. The number of hydrogen-bond donors (Lipinski definition) is 1. The van der Waals surface area contributed by atoms with Crippen molar-refractivity contribution in [1.29, 1.82) is 0 Å². The van der Waals surface area contributed by atoms with Gasteiger partial charge in [-0.05, 0) is 31.0 Å². The first-order chi connectivity index (χ1) is 7.50. The zero-order valence-electron chi connectivity index (χ0n) is 8.91. The molecule has 0 saturated heterocycles. The van der Waals surface area contributed by atoms with Gasteiger partial charge in [-0.25, -0.2) is 9.18 Å². The Kier molecular flexibility index (Phi) is 2.34. The number of pyridine rings is 1. The van der Waals surface area contributed by atoms with E-state index < -0.39 is 11.8 Å². The standard InChI is InChI=1S/C12H10FNO2/c1-6-3-7(2)10-9(4-6)14-5-8(13)11(10)12(15)16/h3-5H,1-2H3,(H,15,16). The van der Waals surface area contributed by atoms with E-state index in [9.17, 15) is 9.18 Å². The lowest BCUT2D eigenvalue weighted by molar-refractivity contribution is 0.0694. The molecule has 1 aromatic carbocycles. The molecular formula is C12H10FNO2. The van der Waals surface area contributed by atoms with Crippen LogP contribution in [-0.2, 0) is 0 Å². The van der Waals surface area contributed by atoms with E-state index in [1.54, 1.807) is 13.0 Å². The van der Waals surface area contributed by atoms with Crippen molar-refractivity contribution >= 4 is 16.9 Å². The smallest absolute Gasteiger partial charge is 0.339 e. The van der Waals surface area contributed by atoms with Crippen LogP contribution in [0.1, 0.15) is 21.5 Å². The van der Waals surface area contributed by atoms with Crippen molar-refractivity contribution in [3.8, 4) is 0 Å². The number of carboxylic acid groups (broad SMARTS) is 1. The highest BCUT2D eigenvalue weighted by atomic mass is 19.1. The summed E-state index contributed by atoms with van der Waals surface area (Å²) in [6.45, 7) is 3.64. The lowest BCUT2D eigenvalue weighted by Crippen LogP contribution is -2.04. The molecule has 0 fully saturated rings. The molecule has 0 bridgehead atoms. The third-order valence-electron chi connectivity index (χ3n) is 2.48. The first kappa shape index (κ1) is 10.5. The zero-order valence-corrected chi connectivity index (χ0v) is 8.91. The highest BCUT2D eigenvalue weighted by molar-refractivity contribution is 6.04. The fourth-order valence-electron chi connectivity index (χ4n) is 1.89. The molecule has 0 amide bonds. The van der Waals surface area contributed by atoms with Gasteiger partial charge in [-0.1, -0.05) is 6.07 Å². The van der Waals surface area contributed by atoms with Crippen LogP contribution < -0.4 is 0 Å². The average molecular weight is 219 g/mol. The first-order valence-corrected chi connectivity index (χ1v) is 4.79. The second-order valence-corrected chi connectivity index (χ2v) is 3.76. The number of carbonyl (C=O) groups is 1. The van der Waals surface area contributed by atoms with E-state index in [0.29, 0.717) is 10.9 Å². The molecule has 4 heteroatoms. The fraction of sp³-hybridized carbons (Fsp3) is 0.167. The number of nitrogens with zero attached hydrogens (tertiary/aromatic N) is 1. The van der Waals surface area contributed by atoms with Gasteiger partial charge in [0.25, 0.3) is 0 Å². The molecule has 0 saturated carbocycles. The molecule has 1 N–H and O–H groups in total. The molecule has 3 nitrogen and oxygen atoms in total. The Morgan fingerprint density at radius 1 is 1.38 bits per heavy atom. The van der Waals surface area contributed by atoms with Crippen molar-refractivity contribution in [1.82, 2.24) is 4.98 Å². The second-order valence-electron chi connectivity index (χ2n) is 3.76. The summed E-state index contributed by atoms with van der Waals surface area (Å²) < 4.78 is 13.4. The number of benzene rings is 1. The van der Waals surface area contributed by atoms with E-state index in [2.05, 4.69) is 4.98 Å². The van der Waals surface area contributed by atoms with Crippen molar-refractivity contribution in [2.45, 2.75) is 13.8 Å². The topological polar surface area (TPSA) is 50.2 Å². The van der Waals surface area contributed by atoms with Crippen LogP contribution in [0.15, 0.2) is 18.3 Å². The number of fused-ring (bicyclic) bond motifs is 1. The molecule has 1 aromatic heterocycles. The minimum Gasteiger partial charge on any atom is -0.478 e. The summed E-state index contributed by atoms with van der Waals surface area (Å²) >= 11 is 0. The minimum absolute atomic E-state index is 0.303. The Balaban J connectivity index is 2.97. The van der Waals surface area contributed by atoms with Gasteiger partial charge >= 0.3 is 5.97 Å². The highest BCUT2D eigenvalue weighted by Gasteiger charge is 2.17. The van der Waals surface area contributed by atoms with Crippen molar-refractivity contribution in [2.75, 3.05) is 0 Å². The molecule has 16 heavy (non-hydrogen) atoms. The second kappa shape index (κ2) is 3.56. The summed E-state index contributed by atoms with van der Waals surface area (Å²) in [5.41, 5.74) is 1.90. The molecule has 0 radical (unpaired) electrons.